The fraction of sp³-hybridized carbons (Fsp3) is 0.421. The standard InChI is InChI=1S/C19H24FN5O/c1-14-2-3-18-19(24-14)8-15(11-23-18)16(9-21)10-22-12-17(20)13-25-4-6-26-7-5-25/h2-3,8-11,17H,4-7,12-13,21H2,1H3. The zero-order valence-electron chi connectivity index (χ0n) is 14.9. The summed E-state index contributed by atoms with van der Waals surface area (Å²) in [4.78, 5) is 15.2. The van der Waals surface area contributed by atoms with Crippen molar-refractivity contribution in [3.8, 4) is 0 Å². The number of pyridine rings is 2. The first kappa shape index (κ1) is 18.4. The lowest BCUT2D eigenvalue weighted by Crippen LogP contribution is -2.40. The molecule has 0 amide bonds. The molecule has 2 N–H and O–H groups in total. The molecule has 7 heteroatoms. The van der Waals surface area contributed by atoms with Crippen LogP contribution >= 0.6 is 0 Å². The molecule has 3 rings (SSSR count). The van der Waals surface area contributed by atoms with Crippen LogP contribution in [-0.2, 0) is 4.74 Å². The van der Waals surface area contributed by atoms with Gasteiger partial charge < -0.3 is 10.5 Å². The maximum atomic E-state index is 14.1. The number of morpholine rings is 1. The quantitative estimate of drug-likeness (QED) is 0.800. The van der Waals surface area contributed by atoms with E-state index in [2.05, 4.69) is 19.9 Å². The number of aromatic nitrogens is 2. The van der Waals surface area contributed by atoms with Crippen LogP contribution in [0.2, 0.25) is 0 Å². The molecule has 138 valence electrons. The number of allylic oxidation sites excluding steroid dienone is 1. The number of halogens is 1. The maximum absolute atomic E-state index is 14.1. The van der Waals surface area contributed by atoms with Crippen LogP contribution in [0, 0.1) is 6.92 Å². The van der Waals surface area contributed by atoms with E-state index in [9.17, 15) is 4.39 Å². The van der Waals surface area contributed by atoms with Crippen LogP contribution in [0.1, 0.15) is 11.3 Å². The van der Waals surface area contributed by atoms with E-state index in [0.717, 1.165) is 35.4 Å². The van der Waals surface area contributed by atoms with Gasteiger partial charge in [0.05, 0.1) is 30.8 Å². The highest BCUT2D eigenvalue weighted by molar-refractivity contribution is 6.10. The Balaban J connectivity index is 1.62. The lowest BCUT2D eigenvalue weighted by Gasteiger charge is -2.27. The van der Waals surface area contributed by atoms with Gasteiger partial charge in [-0.3, -0.25) is 19.9 Å². The number of hydrogen-bond acceptors (Lipinski definition) is 6. The summed E-state index contributed by atoms with van der Waals surface area (Å²) in [6, 6.07) is 5.77. The molecule has 2 aromatic heterocycles. The minimum Gasteiger partial charge on any atom is -0.404 e. The summed E-state index contributed by atoms with van der Waals surface area (Å²) in [6.45, 7) is 5.29. The van der Waals surface area contributed by atoms with E-state index in [1.165, 1.54) is 6.20 Å². The van der Waals surface area contributed by atoms with E-state index in [1.54, 1.807) is 12.4 Å². The summed E-state index contributed by atoms with van der Waals surface area (Å²) >= 11 is 0. The van der Waals surface area contributed by atoms with Gasteiger partial charge in [0.15, 0.2) is 0 Å². The van der Waals surface area contributed by atoms with Crippen LogP contribution in [0.4, 0.5) is 4.39 Å². The Morgan fingerprint density at radius 1 is 1.38 bits per heavy atom. The number of fused-ring (bicyclic) bond motifs is 1. The van der Waals surface area contributed by atoms with Gasteiger partial charge in [-0.25, -0.2) is 4.39 Å². The van der Waals surface area contributed by atoms with Crippen LogP contribution in [0.3, 0.4) is 0 Å². The molecule has 26 heavy (non-hydrogen) atoms. The van der Waals surface area contributed by atoms with Gasteiger partial charge in [0, 0.05) is 55.1 Å². The number of alkyl halides is 1. The van der Waals surface area contributed by atoms with Gasteiger partial charge >= 0.3 is 0 Å². The van der Waals surface area contributed by atoms with Gasteiger partial charge in [-0.15, -0.1) is 0 Å². The second kappa shape index (κ2) is 8.82. The van der Waals surface area contributed by atoms with E-state index in [4.69, 9.17) is 10.5 Å². The number of hydrogen-bond donors (Lipinski definition) is 1. The van der Waals surface area contributed by atoms with E-state index < -0.39 is 6.17 Å². The number of ether oxygens (including phenoxy) is 1. The molecule has 0 saturated carbocycles. The zero-order valence-corrected chi connectivity index (χ0v) is 14.9. The van der Waals surface area contributed by atoms with Crippen molar-refractivity contribution < 1.29 is 9.13 Å². The second-order valence-electron chi connectivity index (χ2n) is 6.34. The average molecular weight is 357 g/mol. The van der Waals surface area contributed by atoms with Crippen LogP contribution < -0.4 is 5.73 Å². The number of rotatable bonds is 6. The van der Waals surface area contributed by atoms with Crippen molar-refractivity contribution in [3.05, 3.63) is 41.9 Å². The fourth-order valence-electron chi connectivity index (χ4n) is 2.87. The molecule has 1 unspecified atom stereocenters. The minimum atomic E-state index is -1.01. The summed E-state index contributed by atoms with van der Waals surface area (Å²) < 4.78 is 19.4. The van der Waals surface area contributed by atoms with Crippen LogP contribution in [0.5, 0.6) is 0 Å². The Morgan fingerprint density at radius 2 is 2.19 bits per heavy atom. The summed E-state index contributed by atoms with van der Waals surface area (Å²) in [5.74, 6) is 0. The molecule has 0 bridgehead atoms. The lowest BCUT2D eigenvalue weighted by molar-refractivity contribution is 0.0279. The van der Waals surface area contributed by atoms with Crippen molar-refractivity contribution in [1.82, 2.24) is 14.9 Å². The molecule has 0 radical (unpaired) electrons. The third kappa shape index (κ3) is 4.83. The number of aliphatic imine (C=N–C) groups is 1. The van der Waals surface area contributed by atoms with Gasteiger partial charge in [0.25, 0.3) is 0 Å². The largest absolute Gasteiger partial charge is 0.404 e. The molecule has 0 aromatic carbocycles. The van der Waals surface area contributed by atoms with E-state index in [1.807, 2.05) is 25.1 Å². The molecule has 1 saturated heterocycles. The summed E-state index contributed by atoms with van der Waals surface area (Å²) in [7, 11) is 0. The number of nitrogens with zero attached hydrogens (tertiary/aromatic N) is 4. The lowest BCUT2D eigenvalue weighted by atomic mass is 10.1. The number of nitrogens with two attached hydrogens (primary N) is 1. The van der Waals surface area contributed by atoms with Gasteiger partial charge in [-0.05, 0) is 25.1 Å². The molecule has 0 spiro atoms. The Labute approximate surface area is 152 Å². The van der Waals surface area contributed by atoms with Crippen molar-refractivity contribution >= 4 is 22.8 Å². The molecule has 1 aliphatic rings. The van der Waals surface area contributed by atoms with Crippen LogP contribution in [-0.4, -0.2) is 66.6 Å². The normalized spacial score (nSPS) is 17.8. The molecular weight excluding hydrogens is 333 g/mol. The molecule has 0 aliphatic carbocycles. The predicted octanol–water partition coefficient (Wildman–Crippen LogP) is 1.98. The summed E-state index contributed by atoms with van der Waals surface area (Å²) in [5.41, 5.74) is 9.78. The van der Waals surface area contributed by atoms with Crippen molar-refractivity contribution in [3.63, 3.8) is 0 Å². The SMILES string of the molecule is Cc1ccc2ncc(C(C=NCC(F)CN3CCOCC3)=CN)cc2n1. The van der Waals surface area contributed by atoms with E-state index in [-0.39, 0.29) is 6.54 Å². The molecule has 6 nitrogen and oxygen atoms in total. The molecule has 2 aromatic rings. The van der Waals surface area contributed by atoms with Crippen molar-refractivity contribution in [2.45, 2.75) is 13.1 Å². The Hall–Kier alpha value is -2.38. The van der Waals surface area contributed by atoms with Gasteiger partial charge in [0.1, 0.15) is 6.17 Å². The first-order valence-corrected chi connectivity index (χ1v) is 8.75. The highest BCUT2D eigenvalue weighted by Crippen LogP contribution is 2.17. The average Bonchev–Trinajstić information content (AvgIpc) is 2.65. The second-order valence-corrected chi connectivity index (χ2v) is 6.34. The monoisotopic (exact) mass is 357 g/mol. The first-order valence-electron chi connectivity index (χ1n) is 8.75. The van der Waals surface area contributed by atoms with Crippen molar-refractivity contribution in [1.29, 1.82) is 0 Å². The third-order valence-electron chi connectivity index (χ3n) is 4.28. The molecule has 1 atom stereocenters. The van der Waals surface area contributed by atoms with Crippen LogP contribution in [0.15, 0.2) is 35.6 Å². The summed E-state index contributed by atoms with van der Waals surface area (Å²) in [5, 5.41) is 0. The first-order chi connectivity index (χ1) is 12.7. The minimum absolute atomic E-state index is 0.104. The Kier molecular flexibility index (Phi) is 6.25. The zero-order chi connectivity index (χ0) is 18.4. The summed E-state index contributed by atoms with van der Waals surface area (Å²) in [6.07, 6.45) is 3.77. The van der Waals surface area contributed by atoms with Crippen LogP contribution in [0.25, 0.3) is 16.6 Å². The highest BCUT2D eigenvalue weighted by Gasteiger charge is 2.15. The Bertz CT molecular complexity index is 802. The molecule has 3 heterocycles. The van der Waals surface area contributed by atoms with Crippen molar-refractivity contribution in [2.75, 3.05) is 39.4 Å². The van der Waals surface area contributed by atoms with Gasteiger partial charge in [-0.1, -0.05) is 0 Å². The topological polar surface area (TPSA) is 76.6 Å². The number of aryl methyl sites for hydroxylation is 1. The third-order valence-corrected chi connectivity index (χ3v) is 4.28. The van der Waals surface area contributed by atoms with Gasteiger partial charge in [-0.2, -0.15) is 0 Å². The maximum Gasteiger partial charge on any atom is 0.132 e. The molecule has 1 fully saturated rings. The predicted molar refractivity (Wildman–Crippen MR) is 102 cm³/mol. The van der Waals surface area contributed by atoms with E-state index in [0.29, 0.717) is 25.3 Å². The van der Waals surface area contributed by atoms with Crippen molar-refractivity contribution in [2.24, 2.45) is 10.7 Å². The Morgan fingerprint density at radius 3 is 2.96 bits per heavy atom. The molecule has 1 aliphatic heterocycles. The fourth-order valence-corrected chi connectivity index (χ4v) is 2.87. The molecular formula is C19H24FN5O. The smallest absolute Gasteiger partial charge is 0.132 e. The van der Waals surface area contributed by atoms with E-state index >= 15 is 0 Å². The van der Waals surface area contributed by atoms with Gasteiger partial charge in [0.2, 0.25) is 0 Å². The highest BCUT2D eigenvalue weighted by atomic mass is 19.1.